The average Bonchev–Trinajstić information content (AvgIpc) is 2.73. The summed E-state index contributed by atoms with van der Waals surface area (Å²) in [6, 6.07) is 30.5. The van der Waals surface area contributed by atoms with E-state index in [-0.39, 0.29) is 0 Å². The van der Waals surface area contributed by atoms with Gasteiger partial charge in [0.05, 0.1) is 0 Å². The topological polar surface area (TPSA) is 0 Å². The Kier molecular flexibility index (Phi) is 3.24. The summed E-state index contributed by atoms with van der Waals surface area (Å²) in [7, 11) is 0. The molecule has 0 aliphatic rings. The maximum atomic E-state index is 6.81. The zero-order valence-electron chi connectivity index (χ0n) is 15.5. The lowest BCUT2D eigenvalue weighted by Crippen LogP contribution is -1.89. The summed E-state index contributed by atoms with van der Waals surface area (Å²) in [5, 5.41) is 13.5. The van der Waals surface area contributed by atoms with Crippen LogP contribution in [0.1, 0.15) is 5.56 Å². The van der Waals surface area contributed by atoms with Gasteiger partial charge in [-0.1, -0.05) is 90.5 Å². The van der Waals surface area contributed by atoms with Crippen molar-refractivity contribution in [3.05, 3.63) is 95.5 Å². The van der Waals surface area contributed by atoms with Gasteiger partial charge in [-0.05, 0) is 67.0 Å². The van der Waals surface area contributed by atoms with E-state index >= 15 is 0 Å². The molecule has 0 amide bonds. The van der Waals surface area contributed by atoms with E-state index in [1.54, 1.807) is 0 Å². The molecule has 0 saturated heterocycles. The Labute approximate surface area is 168 Å². The number of hydrogen-bond donors (Lipinski definition) is 0. The smallest absolute Gasteiger partial charge is 0.0493 e. The van der Waals surface area contributed by atoms with Gasteiger partial charge in [0.15, 0.2) is 0 Å². The lowest BCUT2D eigenvalue weighted by Gasteiger charge is -2.17. The van der Waals surface area contributed by atoms with Gasteiger partial charge in [0.1, 0.15) is 0 Å². The summed E-state index contributed by atoms with van der Waals surface area (Å²) in [4.78, 5) is 0. The van der Waals surface area contributed by atoms with E-state index in [0.717, 1.165) is 10.4 Å². The molecule has 6 aromatic carbocycles. The Bertz CT molecular complexity index is 1570. The van der Waals surface area contributed by atoms with Gasteiger partial charge in [-0.3, -0.25) is 0 Å². The number of fused-ring (bicyclic) bond motifs is 11. The first kappa shape index (κ1) is 15.9. The van der Waals surface area contributed by atoms with Crippen LogP contribution >= 0.6 is 11.6 Å². The van der Waals surface area contributed by atoms with Crippen molar-refractivity contribution in [3.8, 4) is 0 Å². The molecule has 28 heavy (non-hydrogen) atoms. The molecule has 0 N–H and O–H groups in total. The van der Waals surface area contributed by atoms with Gasteiger partial charge >= 0.3 is 0 Å². The molecular weight excluding hydrogens is 360 g/mol. The van der Waals surface area contributed by atoms with Crippen LogP contribution in [0.2, 0.25) is 5.02 Å². The molecule has 0 aromatic heterocycles. The van der Waals surface area contributed by atoms with Crippen LogP contribution in [-0.4, -0.2) is 0 Å². The minimum absolute atomic E-state index is 0.824. The molecule has 132 valence electrons. The molecule has 1 heteroatoms. The predicted molar refractivity (Wildman–Crippen MR) is 124 cm³/mol. The second kappa shape index (κ2) is 5.70. The summed E-state index contributed by atoms with van der Waals surface area (Å²) in [5.41, 5.74) is 1.19. The molecule has 0 atom stereocenters. The lowest BCUT2D eigenvalue weighted by molar-refractivity contribution is 1.51. The van der Waals surface area contributed by atoms with Crippen molar-refractivity contribution in [3.63, 3.8) is 0 Å². The number of rotatable bonds is 0. The predicted octanol–water partition coefficient (Wildman–Crippen LogP) is 8.41. The van der Waals surface area contributed by atoms with E-state index < -0.39 is 0 Å². The Balaban J connectivity index is 2.14. The number of aryl methyl sites for hydroxylation is 1. The third kappa shape index (κ3) is 2.01. The fourth-order valence-corrected chi connectivity index (χ4v) is 5.21. The summed E-state index contributed by atoms with van der Waals surface area (Å²) < 4.78 is 0. The van der Waals surface area contributed by atoms with Crippen LogP contribution in [-0.2, 0) is 0 Å². The van der Waals surface area contributed by atoms with Gasteiger partial charge in [0.2, 0.25) is 0 Å². The van der Waals surface area contributed by atoms with E-state index in [9.17, 15) is 0 Å². The Morgan fingerprint density at radius 2 is 0.857 bits per heavy atom. The molecule has 0 aliphatic heterocycles. The van der Waals surface area contributed by atoms with Gasteiger partial charge in [-0.2, -0.15) is 0 Å². The molecule has 0 saturated carbocycles. The molecule has 0 heterocycles. The fraction of sp³-hybridized carbons (Fsp3) is 0.0370. The highest BCUT2D eigenvalue weighted by Crippen LogP contribution is 2.45. The molecule has 0 unspecified atom stereocenters. The Morgan fingerprint density at radius 1 is 0.464 bits per heavy atom. The molecular formula is C27H17Cl. The SMILES string of the molecule is Cc1cc(Cl)c2c3ccccc3c3c4ccccc4c4ccccc4c3c2c1. The second-order valence-electron chi connectivity index (χ2n) is 7.56. The van der Waals surface area contributed by atoms with Crippen LogP contribution in [0.4, 0.5) is 0 Å². The monoisotopic (exact) mass is 376 g/mol. The first-order valence-electron chi connectivity index (χ1n) is 9.58. The number of halogens is 1. The van der Waals surface area contributed by atoms with E-state index in [1.807, 2.05) is 0 Å². The highest BCUT2D eigenvalue weighted by Gasteiger charge is 2.16. The molecule has 0 aliphatic carbocycles. The molecule has 0 fully saturated rings. The summed E-state index contributed by atoms with van der Waals surface area (Å²) in [6.45, 7) is 2.12. The molecule has 6 rings (SSSR count). The van der Waals surface area contributed by atoms with E-state index in [4.69, 9.17) is 11.6 Å². The van der Waals surface area contributed by atoms with Crippen LogP contribution in [0.5, 0.6) is 0 Å². The van der Waals surface area contributed by atoms with Gasteiger partial charge in [0, 0.05) is 10.4 Å². The van der Waals surface area contributed by atoms with E-state index in [1.165, 1.54) is 54.0 Å². The first-order chi connectivity index (χ1) is 13.7. The normalized spacial score (nSPS) is 11.9. The van der Waals surface area contributed by atoms with Gasteiger partial charge < -0.3 is 0 Å². The highest BCUT2D eigenvalue weighted by molar-refractivity contribution is 6.44. The number of benzene rings is 6. The van der Waals surface area contributed by atoms with Gasteiger partial charge in [-0.15, -0.1) is 0 Å². The van der Waals surface area contributed by atoms with Gasteiger partial charge in [0.25, 0.3) is 0 Å². The Morgan fingerprint density at radius 3 is 1.39 bits per heavy atom. The lowest BCUT2D eigenvalue weighted by atomic mass is 9.87. The zero-order valence-corrected chi connectivity index (χ0v) is 16.2. The van der Waals surface area contributed by atoms with Crippen molar-refractivity contribution in [1.29, 1.82) is 0 Å². The molecule has 0 radical (unpaired) electrons. The largest absolute Gasteiger partial charge is 0.0836 e. The van der Waals surface area contributed by atoms with E-state index in [0.29, 0.717) is 0 Å². The first-order valence-corrected chi connectivity index (χ1v) is 9.95. The van der Waals surface area contributed by atoms with E-state index in [2.05, 4.69) is 91.9 Å². The second-order valence-corrected chi connectivity index (χ2v) is 7.96. The average molecular weight is 377 g/mol. The summed E-state index contributed by atoms with van der Waals surface area (Å²) in [6.07, 6.45) is 0. The third-order valence-electron chi connectivity index (χ3n) is 5.90. The van der Waals surface area contributed by atoms with Crippen LogP contribution in [0, 0.1) is 6.92 Å². The van der Waals surface area contributed by atoms with Crippen molar-refractivity contribution < 1.29 is 0 Å². The highest BCUT2D eigenvalue weighted by atomic mass is 35.5. The van der Waals surface area contributed by atoms with Crippen molar-refractivity contribution in [1.82, 2.24) is 0 Å². The van der Waals surface area contributed by atoms with Crippen LogP contribution in [0.3, 0.4) is 0 Å². The van der Waals surface area contributed by atoms with Crippen molar-refractivity contribution in [2.24, 2.45) is 0 Å². The minimum Gasteiger partial charge on any atom is -0.0836 e. The molecule has 0 nitrogen and oxygen atoms in total. The number of hydrogen-bond acceptors (Lipinski definition) is 0. The standard InChI is InChI=1S/C27H17Cl/c1-16-14-23-25(24(28)15-16)21-12-6-7-13-22(21)26-19-10-4-2-8-17(19)18-9-3-5-11-20(18)27(23)26/h2-15H,1H3. The van der Waals surface area contributed by atoms with Crippen LogP contribution in [0.15, 0.2) is 84.9 Å². The summed E-state index contributed by atoms with van der Waals surface area (Å²) in [5.74, 6) is 0. The molecule has 0 spiro atoms. The quantitative estimate of drug-likeness (QED) is 0.233. The van der Waals surface area contributed by atoms with Crippen LogP contribution in [0.25, 0.3) is 53.9 Å². The van der Waals surface area contributed by atoms with Gasteiger partial charge in [-0.25, -0.2) is 0 Å². The zero-order chi connectivity index (χ0) is 18.8. The fourth-order valence-electron chi connectivity index (χ4n) is 4.83. The van der Waals surface area contributed by atoms with Crippen molar-refractivity contribution >= 4 is 65.5 Å². The minimum atomic E-state index is 0.824. The maximum Gasteiger partial charge on any atom is 0.0493 e. The van der Waals surface area contributed by atoms with Crippen LogP contribution < -0.4 is 0 Å². The molecule has 6 aromatic rings. The summed E-state index contributed by atoms with van der Waals surface area (Å²) >= 11 is 6.81. The molecule has 0 bridgehead atoms. The van der Waals surface area contributed by atoms with Crippen molar-refractivity contribution in [2.75, 3.05) is 0 Å². The Hall–Kier alpha value is -3.09. The third-order valence-corrected chi connectivity index (χ3v) is 6.20. The maximum absolute atomic E-state index is 6.81. The van der Waals surface area contributed by atoms with Crippen molar-refractivity contribution in [2.45, 2.75) is 6.92 Å².